The molecular formula is C7H5ClN2. The minimum Gasteiger partial charge on any atom is -0.285 e. The molecule has 0 unspecified atom stereocenters. The van der Waals surface area contributed by atoms with E-state index in [1.165, 1.54) is 0 Å². The molecule has 2 aliphatic heterocycles. The summed E-state index contributed by atoms with van der Waals surface area (Å²) in [4.78, 5) is 8.10. The molecule has 0 aromatic rings. The van der Waals surface area contributed by atoms with Crippen LogP contribution in [0.15, 0.2) is 32.9 Å². The minimum absolute atomic E-state index is 0.665. The standard InChI is InChI=1S/C7H5ClN2/c8-6-3-9-4-7-5(6)1-2-10-7/h1-3H,4H2. The van der Waals surface area contributed by atoms with Crippen molar-refractivity contribution in [2.24, 2.45) is 9.98 Å². The molecule has 0 aromatic heterocycles. The fraction of sp³-hybridized carbons (Fsp3) is 0.143. The molecular weight excluding hydrogens is 148 g/mol. The predicted molar refractivity (Wildman–Crippen MR) is 42.8 cm³/mol. The van der Waals surface area contributed by atoms with Crippen LogP contribution in [-0.4, -0.2) is 18.5 Å². The Labute approximate surface area is 63.6 Å². The van der Waals surface area contributed by atoms with E-state index in [0.717, 1.165) is 11.3 Å². The normalized spacial score (nSPS) is 21.5. The molecule has 0 aromatic carbocycles. The van der Waals surface area contributed by atoms with Crippen molar-refractivity contribution < 1.29 is 0 Å². The summed E-state index contributed by atoms with van der Waals surface area (Å²) in [5.74, 6) is 0. The molecule has 0 radical (unpaired) electrons. The molecule has 0 saturated carbocycles. The highest BCUT2D eigenvalue weighted by Gasteiger charge is 2.14. The van der Waals surface area contributed by atoms with E-state index in [-0.39, 0.29) is 0 Å². The van der Waals surface area contributed by atoms with Gasteiger partial charge in [0.05, 0.1) is 17.3 Å². The lowest BCUT2D eigenvalue weighted by Crippen LogP contribution is -2.09. The van der Waals surface area contributed by atoms with Gasteiger partial charge in [0, 0.05) is 18.0 Å². The third-order valence-corrected chi connectivity index (χ3v) is 1.79. The predicted octanol–water partition coefficient (Wildman–Crippen LogP) is 1.53. The van der Waals surface area contributed by atoms with Crippen molar-refractivity contribution in [2.75, 3.05) is 6.54 Å². The fourth-order valence-corrected chi connectivity index (χ4v) is 1.23. The first kappa shape index (κ1) is 5.86. The largest absolute Gasteiger partial charge is 0.285 e. The number of fused-ring (bicyclic) bond motifs is 1. The maximum Gasteiger partial charge on any atom is 0.0818 e. The van der Waals surface area contributed by atoms with Gasteiger partial charge in [0.2, 0.25) is 0 Å². The van der Waals surface area contributed by atoms with Crippen LogP contribution in [0.4, 0.5) is 0 Å². The van der Waals surface area contributed by atoms with Gasteiger partial charge in [-0.15, -0.1) is 0 Å². The number of hydrogen-bond acceptors (Lipinski definition) is 2. The van der Waals surface area contributed by atoms with Gasteiger partial charge < -0.3 is 0 Å². The van der Waals surface area contributed by atoms with Gasteiger partial charge in [-0.25, -0.2) is 0 Å². The second-order valence-corrected chi connectivity index (χ2v) is 2.53. The summed E-state index contributed by atoms with van der Waals surface area (Å²) < 4.78 is 0. The fourth-order valence-electron chi connectivity index (χ4n) is 0.993. The molecule has 2 rings (SSSR count). The third-order valence-electron chi connectivity index (χ3n) is 1.49. The SMILES string of the molecule is ClC1=C2C=CN=C2CN=C1. The molecule has 2 heterocycles. The van der Waals surface area contributed by atoms with Crippen LogP contribution in [0.5, 0.6) is 0 Å². The van der Waals surface area contributed by atoms with E-state index in [0.29, 0.717) is 11.6 Å². The van der Waals surface area contributed by atoms with E-state index < -0.39 is 0 Å². The molecule has 0 spiro atoms. The maximum atomic E-state index is 5.82. The Morgan fingerprint density at radius 1 is 1.50 bits per heavy atom. The number of nitrogens with zero attached hydrogens (tertiary/aromatic N) is 2. The highest BCUT2D eigenvalue weighted by molar-refractivity contribution is 6.43. The van der Waals surface area contributed by atoms with Gasteiger partial charge in [-0.05, 0) is 6.08 Å². The van der Waals surface area contributed by atoms with E-state index in [9.17, 15) is 0 Å². The van der Waals surface area contributed by atoms with Crippen molar-refractivity contribution in [3.63, 3.8) is 0 Å². The Bertz CT molecular complexity index is 284. The summed E-state index contributed by atoms with van der Waals surface area (Å²) in [6.45, 7) is 0.665. The Balaban J connectivity index is 2.53. The summed E-state index contributed by atoms with van der Waals surface area (Å²) >= 11 is 5.82. The lowest BCUT2D eigenvalue weighted by molar-refractivity contribution is 1.29. The molecule has 0 saturated heterocycles. The van der Waals surface area contributed by atoms with Crippen LogP contribution in [0.3, 0.4) is 0 Å². The van der Waals surface area contributed by atoms with Crippen LogP contribution >= 0.6 is 11.6 Å². The number of allylic oxidation sites excluding steroid dienone is 2. The van der Waals surface area contributed by atoms with Crippen LogP contribution in [0.1, 0.15) is 0 Å². The molecule has 0 atom stereocenters. The second-order valence-electron chi connectivity index (χ2n) is 2.12. The minimum atomic E-state index is 0.665. The molecule has 0 aliphatic carbocycles. The summed E-state index contributed by atoms with van der Waals surface area (Å²) in [6.07, 6.45) is 5.33. The van der Waals surface area contributed by atoms with E-state index in [2.05, 4.69) is 9.98 Å². The quantitative estimate of drug-likeness (QED) is 0.503. The van der Waals surface area contributed by atoms with Crippen molar-refractivity contribution in [2.45, 2.75) is 0 Å². The zero-order valence-corrected chi connectivity index (χ0v) is 5.97. The Morgan fingerprint density at radius 3 is 3.20 bits per heavy atom. The van der Waals surface area contributed by atoms with Gasteiger partial charge >= 0.3 is 0 Å². The van der Waals surface area contributed by atoms with Crippen molar-refractivity contribution in [1.29, 1.82) is 0 Å². The van der Waals surface area contributed by atoms with Gasteiger partial charge in [0.15, 0.2) is 0 Å². The van der Waals surface area contributed by atoms with Gasteiger partial charge in [-0.2, -0.15) is 0 Å². The first-order chi connectivity index (χ1) is 4.88. The molecule has 2 aliphatic rings. The van der Waals surface area contributed by atoms with Gasteiger partial charge in [0.1, 0.15) is 0 Å². The van der Waals surface area contributed by atoms with Crippen LogP contribution in [0.25, 0.3) is 0 Å². The zero-order valence-electron chi connectivity index (χ0n) is 5.21. The molecule has 0 bridgehead atoms. The Kier molecular flexibility index (Phi) is 1.21. The molecule has 0 fully saturated rings. The number of dihydropyridines is 1. The lowest BCUT2D eigenvalue weighted by atomic mass is 10.1. The Hall–Kier alpha value is -0.890. The average molecular weight is 153 g/mol. The van der Waals surface area contributed by atoms with Crippen LogP contribution in [-0.2, 0) is 0 Å². The van der Waals surface area contributed by atoms with Crippen LogP contribution in [0.2, 0.25) is 0 Å². The smallest absolute Gasteiger partial charge is 0.0818 e. The number of rotatable bonds is 0. The summed E-state index contributed by atoms with van der Waals surface area (Å²) in [5.41, 5.74) is 2.00. The topological polar surface area (TPSA) is 24.7 Å². The first-order valence-electron chi connectivity index (χ1n) is 3.01. The molecule has 10 heavy (non-hydrogen) atoms. The van der Waals surface area contributed by atoms with Crippen molar-refractivity contribution in [3.8, 4) is 0 Å². The molecule has 0 amide bonds. The highest BCUT2D eigenvalue weighted by Crippen LogP contribution is 2.19. The summed E-state index contributed by atoms with van der Waals surface area (Å²) in [6, 6.07) is 0. The monoisotopic (exact) mass is 152 g/mol. The molecule has 0 N–H and O–H groups in total. The van der Waals surface area contributed by atoms with Crippen molar-refractivity contribution >= 4 is 23.5 Å². The van der Waals surface area contributed by atoms with Crippen molar-refractivity contribution in [3.05, 3.63) is 22.9 Å². The third kappa shape index (κ3) is 0.727. The summed E-state index contributed by atoms with van der Waals surface area (Å²) in [5, 5.41) is 0.693. The number of aliphatic imine (C=N–C) groups is 2. The highest BCUT2D eigenvalue weighted by atomic mass is 35.5. The summed E-state index contributed by atoms with van der Waals surface area (Å²) in [7, 11) is 0. The maximum absolute atomic E-state index is 5.82. The van der Waals surface area contributed by atoms with Crippen molar-refractivity contribution in [1.82, 2.24) is 0 Å². The first-order valence-corrected chi connectivity index (χ1v) is 3.39. The van der Waals surface area contributed by atoms with Gasteiger partial charge in [0.25, 0.3) is 0 Å². The van der Waals surface area contributed by atoms with Gasteiger partial charge in [-0.3, -0.25) is 9.98 Å². The Morgan fingerprint density at radius 2 is 2.40 bits per heavy atom. The average Bonchev–Trinajstić information content (AvgIpc) is 2.36. The lowest BCUT2D eigenvalue weighted by Gasteiger charge is -2.05. The van der Waals surface area contributed by atoms with E-state index in [4.69, 9.17) is 11.6 Å². The zero-order chi connectivity index (χ0) is 6.97. The van der Waals surface area contributed by atoms with E-state index >= 15 is 0 Å². The van der Waals surface area contributed by atoms with Crippen LogP contribution in [0, 0.1) is 0 Å². The molecule has 2 nitrogen and oxygen atoms in total. The van der Waals surface area contributed by atoms with Crippen LogP contribution < -0.4 is 0 Å². The second kappa shape index (κ2) is 2.06. The number of halogens is 1. The van der Waals surface area contributed by atoms with Gasteiger partial charge in [-0.1, -0.05) is 11.6 Å². The number of hydrogen-bond donors (Lipinski definition) is 0. The van der Waals surface area contributed by atoms with E-state index in [1.54, 1.807) is 12.4 Å². The molecule has 50 valence electrons. The van der Waals surface area contributed by atoms with E-state index in [1.807, 2.05) is 6.08 Å². The molecule has 3 heteroatoms.